The normalized spacial score (nSPS) is 17.5. The first-order chi connectivity index (χ1) is 16.0. The number of hydrogen-bond donors (Lipinski definition) is 2. The number of amides is 2. The molecular formula is C24H33N5O5. The summed E-state index contributed by atoms with van der Waals surface area (Å²) in [6.45, 7) is 8.21. The highest BCUT2D eigenvalue weighted by Crippen LogP contribution is 2.29. The Balaban J connectivity index is 1.51. The van der Waals surface area contributed by atoms with Gasteiger partial charge in [0.1, 0.15) is 16.8 Å². The lowest BCUT2D eigenvalue weighted by atomic mass is 9.82. The third-order valence-corrected chi connectivity index (χ3v) is 6.60. The van der Waals surface area contributed by atoms with Crippen LogP contribution in [-0.2, 0) is 9.53 Å². The number of carbonyl (C=O) groups is 3. The zero-order valence-corrected chi connectivity index (χ0v) is 20.3. The third kappa shape index (κ3) is 5.00. The minimum absolute atomic E-state index is 0.00103. The second-order valence-electron chi connectivity index (χ2n) is 10.3. The fourth-order valence-corrected chi connectivity index (χ4v) is 4.56. The van der Waals surface area contributed by atoms with Crippen LogP contribution in [-0.4, -0.2) is 62.5 Å². The number of nitrogens with zero attached hydrogens (tertiary/aromatic N) is 3. The van der Waals surface area contributed by atoms with Gasteiger partial charge in [0.25, 0.3) is 11.5 Å². The number of hydrogen-bond acceptors (Lipinski definition) is 6. The van der Waals surface area contributed by atoms with Gasteiger partial charge in [-0.2, -0.15) is 5.10 Å². The van der Waals surface area contributed by atoms with Gasteiger partial charge >= 0.3 is 6.09 Å². The summed E-state index contributed by atoms with van der Waals surface area (Å²) in [5.41, 5.74) is 0.892. The van der Waals surface area contributed by atoms with Crippen molar-refractivity contribution in [2.24, 2.45) is 5.92 Å². The summed E-state index contributed by atoms with van der Waals surface area (Å²) in [6.07, 6.45) is 3.77. The van der Waals surface area contributed by atoms with Gasteiger partial charge in [-0.1, -0.05) is 6.42 Å². The highest BCUT2D eigenvalue weighted by Gasteiger charge is 2.30. The van der Waals surface area contributed by atoms with Crippen LogP contribution in [0.1, 0.15) is 80.5 Å². The Labute approximate surface area is 198 Å². The molecule has 1 aliphatic carbocycles. The molecular weight excluding hydrogens is 438 g/mol. The summed E-state index contributed by atoms with van der Waals surface area (Å²) < 4.78 is 7.08. The molecule has 10 nitrogen and oxygen atoms in total. The lowest BCUT2D eigenvalue weighted by molar-refractivity contribution is -0.124. The van der Waals surface area contributed by atoms with Crippen molar-refractivity contribution in [3.8, 4) is 0 Å². The zero-order valence-electron chi connectivity index (χ0n) is 20.3. The molecule has 1 saturated heterocycles. The molecule has 2 fully saturated rings. The summed E-state index contributed by atoms with van der Waals surface area (Å²) in [5, 5.41) is 7.24. The number of ketones is 1. The van der Waals surface area contributed by atoms with E-state index in [-0.39, 0.29) is 41.4 Å². The van der Waals surface area contributed by atoms with Gasteiger partial charge in [-0.25, -0.2) is 9.31 Å². The number of nitrogens with one attached hydrogen (secondary N) is 2. The molecule has 3 heterocycles. The van der Waals surface area contributed by atoms with E-state index in [0.29, 0.717) is 43.0 Å². The van der Waals surface area contributed by atoms with E-state index in [1.807, 2.05) is 20.8 Å². The number of aromatic amines is 1. The van der Waals surface area contributed by atoms with Crippen LogP contribution in [0, 0.1) is 12.8 Å². The van der Waals surface area contributed by atoms with Crippen molar-refractivity contribution in [2.45, 2.75) is 71.3 Å². The maximum atomic E-state index is 12.9. The topological polar surface area (TPSA) is 126 Å². The summed E-state index contributed by atoms with van der Waals surface area (Å²) in [5.74, 6) is -0.338. The molecule has 2 N–H and O–H groups in total. The average molecular weight is 472 g/mol. The van der Waals surface area contributed by atoms with Crippen LogP contribution in [0.5, 0.6) is 0 Å². The molecule has 0 bridgehead atoms. The van der Waals surface area contributed by atoms with Gasteiger partial charge in [0.05, 0.1) is 17.9 Å². The van der Waals surface area contributed by atoms with E-state index in [1.54, 1.807) is 16.3 Å². The first kappa shape index (κ1) is 24.0. The molecule has 2 amide bonds. The predicted molar refractivity (Wildman–Crippen MR) is 125 cm³/mol. The molecule has 10 heteroatoms. The van der Waals surface area contributed by atoms with E-state index in [2.05, 4.69) is 15.4 Å². The largest absolute Gasteiger partial charge is 0.444 e. The predicted octanol–water partition coefficient (Wildman–Crippen LogP) is 2.54. The highest BCUT2D eigenvalue weighted by atomic mass is 16.6. The first-order valence-corrected chi connectivity index (χ1v) is 11.9. The van der Waals surface area contributed by atoms with Gasteiger partial charge in [0.2, 0.25) is 0 Å². The number of fused-ring (bicyclic) bond motifs is 1. The molecule has 0 atom stereocenters. The fourth-order valence-electron chi connectivity index (χ4n) is 4.56. The molecule has 4 rings (SSSR count). The van der Waals surface area contributed by atoms with Crippen LogP contribution in [0.3, 0.4) is 0 Å². The van der Waals surface area contributed by atoms with E-state index < -0.39 is 11.5 Å². The number of rotatable bonds is 5. The van der Waals surface area contributed by atoms with Crippen molar-refractivity contribution in [3.63, 3.8) is 0 Å². The summed E-state index contributed by atoms with van der Waals surface area (Å²) in [6, 6.07) is 1.51. The second kappa shape index (κ2) is 9.23. The van der Waals surface area contributed by atoms with Crippen LogP contribution in [0.25, 0.3) is 5.65 Å². The first-order valence-electron chi connectivity index (χ1n) is 11.9. The van der Waals surface area contributed by atoms with E-state index in [4.69, 9.17) is 4.74 Å². The lowest BCUT2D eigenvalue weighted by Gasteiger charge is -2.33. The maximum Gasteiger partial charge on any atom is 0.410 e. The Bertz CT molecular complexity index is 1160. The molecule has 2 aromatic rings. The Morgan fingerprint density at radius 3 is 2.44 bits per heavy atom. The van der Waals surface area contributed by atoms with E-state index in [1.165, 1.54) is 6.07 Å². The SMILES string of the molecule is Cc1nn2c(C3CCN(C(=O)OC(C)(C)C)CC3)cc(=O)[nH]c2c1C(=O)NCC(=O)C1CCC1. The lowest BCUT2D eigenvalue weighted by Crippen LogP contribution is -2.41. The number of carbonyl (C=O) groups excluding carboxylic acids is 3. The van der Waals surface area contributed by atoms with Gasteiger partial charge in [0, 0.05) is 31.0 Å². The number of aryl methyl sites for hydroxylation is 1. The van der Waals surface area contributed by atoms with Crippen LogP contribution < -0.4 is 10.9 Å². The third-order valence-electron chi connectivity index (χ3n) is 6.60. The number of likely N-dealkylation sites (tertiary alicyclic amines) is 1. The van der Waals surface area contributed by atoms with Crippen LogP contribution in [0.4, 0.5) is 4.79 Å². The second-order valence-corrected chi connectivity index (χ2v) is 10.3. The Morgan fingerprint density at radius 1 is 1.18 bits per heavy atom. The molecule has 0 unspecified atom stereocenters. The molecule has 1 saturated carbocycles. The van der Waals surface area contributed by atoms with Crippen molar-refractivity contribution >= 4 is 23.4 Å². The minimum atomic E-state index is -0.557. The monoisotopic (exact) mass is 471 g/mol. The standard InChI is InChI=1S/C24H33N5O5/c1-14-20(22(32)25-13-18(30)16-6-5-7-16)21-26-19(31)12-17(29(21)27-14)15-8-10-28(11-9-15)23(33)34-24(2,3)4/h12,15-16H,5-11,13H2,1-4H3,(H,25,32)(H,26,31). The van der Waals surface area contributed by atoms with Gasteiger partial charge in [-0.3, -0.25) is 14.4 Å². The molecule has 34 heavy (non-hydrogen) atoms. The Morgan fingerprint density at radius 2 is 1.85 bits per heavy atom. The van der Waals surface area contributed by atoms with E-state index in [0.717, 1.165) is 19.3 Å². The molecule has 0 radical (unpaired) electrons. The van der Waals surface area contributed by atoms with Gasteiger partial charge in [0.15, 0.2) is 5.78 Å². The molecule has 2 aromatic heterocycles. The Kier molecular flexibility index (Phi) is 6.51. The summed E-state index contributed by atoms with van der Waals surface area (Å²) in [7, 11) is 0. The van der Waals surface area contributed by atoms with Crippen molar-refractivity contribution in [1.82, 2.24) is 24.8 Å². The number of aromatic nitrogens is 3. The zero-order chi connectivity index (χ0) is 24.6. The minimum Gasteiger partial charge on any atom is -0.444 e. The van der Waals surface area contributed by atoms with Crippen LogP contribution in [0.15, 0.2) is 10.9 Å². The van der Waals surface area contributed by atoms with Crippen molar-refractivity contribution in [1.29, 1.82) is 0 Å². The number of H-pyrrole nitrogens is 1. The molecule has 1 aliphatic heterocycles. The van der Waals surface area contributed by atoms with Crippen molar-refractivity contribution in [3.05, 3.63) is 33.4 Å². The van der Waals surface area contributed by atoms with E-state index >= 15 is 0 Å². The Hall–Kier alpha value is -3.17. The molecule has 184 valence electrons. The van der Waals surface area contributed by atoms with Crippen LogP contribution in [0.2, 0.25) is 0 Å². The van der Waals surface area contributed by atoms with E-state index in [9.17, 15) is 19.2 Å². The van der Waals surface area contributed by atoms with Gasteiger partial charge in [-0.15, -0.1) is 0 Å². The van der Waals surface area contributed by atoms with Crippen molar-refractivity contribution < 1.29 is 19.1 Å². The summed E-state index contributed by atoms with van der Waals surface area (Å²) in [4.78, 5) is 54.4. The van der Waals surface area contributed by atoms with Gasteiger partial charge < -0.3 is 19.9 Å². The quantitative estimate of drug-likeness (QED) is 0.690. The number of piperidine rings is 1. The average Bonchev–Trinajstić information content (AvgIpc) is 3.04. The molecule has 2 aliphatic rings. The molecule has 0 spiro atoms. The van der Waals surface area contributed by atoms with Crippen molar-refractivity contribution in [2.75, 3.05) is 19.6 Å². The number of ether oxygens (including phenoxy) is 1. The summed E-state index contributed by atoms with van der Waals surface area (Å²) >= 11 is 0. The van der Waals surface area contributed by atoms with Gasteiger partial charge in [-0.05, 0) is 53.4 Å². The highest BCUT2D eigenvalue weighted by molar-refractivity contribution is 6.02. The number of Topliss-reactive ketones (excluding diaryl/α,β-unsaturated/α-hetero) is 1. The molecule has 0 aromatic carbocycles. The fraction of sp³-hybridized carbons (Fsp3) is 0.625. The van der Waals surface area contributed by atoms with Crippen LogP contribution >= 0.6 is 0 Å². The maximum absolute atomic E-state index is 12.9. The smallest absolute Gasteiger partial charge is 0.410 e.